The van der Waals surface area contributed by atoms with Gasteiger partial charge in [0.1, 0.15) is 0 Å². The lowest BCUT2D eigenvalue weighted by molar-refractivity contribution is 0.141. The van der Waals surface area contributed by atoms with E-state index in [0.717, 1.165) is 25.9 Å². The van der Waals surface area contributed by atoms with Crippen LogP contribution in [0.4, 0.5) is 4.79 Å². The summed E-state index contributed by atoms with van der Waals surface area (Å²) in [5.41, 5.74) is 0. The average molecular weight is 242 g/mol. The van der Waals surface area contributed by atoms with Gasteiger partial charge in [0.25, 0.3) is 0 Å². The van der Waals surface area contributed by atoms with E-state index in [1.165, 1.54) is 18.7 Å². The summed E-state index contributed by atoms with van der Waals surface area (Å²) in [5, 5.41) is 0.0731. The molecule has 0 unspecified atom stereocenters. The van der Waals surface area contributed by atoms with E-state index in [1.54, 1.807) is 4.90 Å². The second-order valence-electron chi connectivity index (χ2n) is 3.58. The molecule has 1 saturated heterocycles. The normalized spacial score (nSPS) is 15.9. The molecule has 1 aliphatic rings. The number of carbonyl (C=O) groups is 1. The first-order valence-electron chi connectivity index (χ1n) is 5.21. The van der Waals surface area contributed by atoms with Crippen molar-refractivity contribution in [3.63, 3.8) is 0 Å². The predicted molar refractivity (Wildman–Crippen MR) is 58.5 cm³/mol. The van der Waals surface area contributed by atoms with Gasteiger partial charge >= 0.3 is 6.09 Å². The van der Waals surface area contributed by atoms with Gasteiger partial charge in [-0.15, -0.1) is 0 Å². The second-order valence-corrected chi connectivity index (χ2v) is 3.92. The first-order valence-corrected chi connectivity index (χ1v) is 5.59. The SMILES string of the molecule is O=C(Oc1ccnc(Cl)n1)N1CCCCC1. The van der Waals surface area contributed by atoms with E-state index >= 15 is 0 Å². The number of amides is 1. The predicted octanol–water partition coefficient (Wildman–Crippen LogP) is 2.11. The van der Waals surface area contributed by atoms with Crippen LogP contribution in [-0.2, 0) is 0 Å². The van der Waals surface area contributed by atoms with Gasteiger partial charge in [0.15, 0.2) is 0 Å². The Hall–Kier alpha value is -1.36. The zero-order valence-electron chi connectivity index (χ0n) is 8.73. The fraction of sp³-hybridized carbons (Fsp3) is 0.500. The molecule has 2 rings (SSSR count). The zero-order chi connectivity index (χ0) is 11.4. The number of carbonyl (C=O) groups excluding carboxylic acids is 1. The molecule has 0 N–H and O–H groups in total. The smallest absolute Gasteiger partial charge is 0.391 e. The van der Waals surface area contributed by atoms with Crippen molar-refractivity contribution >= 4 is 17.7 Å². The van der Waals surface area contributed by atoms with Gasteiger partial charge in [-0.2, -0.15) is 4.98 Å². The maximum Gasteiger partial charge on any atom is 0.416 e. The fourth-order valence-electron chi connectivity index (χ4n) is 1.61. The molecule has 1 aliphatic heterocycles. The second kappa shape index (κ2) is 5.12. The quantitative estimate of drug-likeness (QED) is 0.707. The number of hydrogen-bond donors (Lipinski definition) is 0. The molecule has 0 aliphatic carbocycles. The van der Waals surface area contributed by atoms with Crippen molar-refractivity contribution in [2.45, 2.75) is 19.3 Å². The van der Waals surface area contributed by atoms with Crippen LogP contribution < -0.4 is 4.74 Å². The third kappa shape index (κ3) is 2.82. The van der Waals surface area contributed by atoms with Crippen LogP contribution in [0.3, 0.4) is 0 Å². The molecular formula is C10H12ClN3O2. The first-order chi connectivity index (χ1) is 7.75. The van der Waals surface area contributed by atoms with Gasteiger partial charge in [0.05, 0.1) is 0 Å². The molecule has 1 aromatic heterocycles. The van der Waals surface area contributed by atoms with Crippen molar-refractivity contribution in [2.75, 3.05) is 13.1 Å². The topological polar surface area (TPSA) is 55.3 Å². The number of halogens is 1. The Morgan fingerprint density at radius 2 is 2.12 bits per heavy atom. The molecule has 86 valence electrons. The maximum absolute atomic E-state index is 11.7. The molecule has 6 heteroatoms. The summed E-state index contributed by atoms with van der Waals surface area (Å²) in [5.74, 6) is 0.190. The van der Waals surface area contributed by atoms with Crippen LogP contribution in [0, 0.1) is 0 Å². The molecule has 2 heterocycles. The Bertz CT molecular complexity index is 380. The summed E-state index contributed by atoms with van der Waals surface area (Å²) >= 11 is 5.59. The van der Waals surface area contributed by atoms with E-state index < -0.39 is 0 Å². The Balaban J connectivity index is 1.96. The van der Waals surface area contributed by atoms with Gasteiger partial charge in [-0.25, -0.2) is 9.78 Å². The average Bonchev–Trinajstić information content (AvgIpc) is 2.30. The molecule has 16 heavy (non-hydrogen) atoms. The van der Waals surface area contributed by atoms with Crippen LogP contribution in [0.1, 0.15) is 19.3 Å². The number of ether oxygens (including phenoxy) is 1. The fourth-order valence-corrected chi connectivity index (χ4v) is 1.75. The highest BCUT2D eigenvalue weighted by molar-refractivity contribution is 6.28. The molecule has 0 bridgehead atoms. The van der Waals surface area contributed by atoms with E-state index in [2.05, 4.69) is 9.97 Å². The molecule has 1 fully saturated rings. The first kappa shape index (κ1) is 11.1. The molecule has 1 aromatic rings. The minimum Gasteiger partial charge on any atom is -0.391 e. The summed E-state index contributed by atoms with van der Waals surface area (Å²) in [7, 11) is 0. The molecule has 0 spiro atoms. The van der Waals surface area contributed by atoms with Gasteiger partial charge in [0, 0.05) is 25.4 Å². The molecule has 0 atom stereocenters. The molecular weight excluding hydrogens is 230 g/mol. The van der Waals surface area contributed by atoms with E-state index in [4.69, 9.17) is 16.3 Å². The van der Waals surface area contributed by atoms with Crippen molar-refractivity contribution in [2.24, 2.45) is 0 Å². The van der Waals surface area contributed by atoms with Crippen molar-refractivity contribution in [1.29, 1.82) is 0 Å². The highest BCUT2D eigenvalue weighted by Gasteiger charge is 2.18. The van der Waals surface area contributed by atoms with Crippen LogP contribution >= 0.6 is 11.6 Å². The van der Waals surface area contributed by atoms with Crippen LogP contribution in [0.2, 0.25) is 5.28 Å². The third-order valence-electron chi connectivity index (χ3n) is 2.41. The number of aromatic nitrogens is 2. The van der Waals surface area contributed by atoms with E-state index in [9.17, 15) is 4.79 Å². The zero-order valence-corrected chi connectivity index (χ0v) is 9.48. The minimum absolute atomic E-state index is 0.0731. The Morgan fingerprint density at radius 1 is 1.38 bits per heavy atom. The van der Waals surface area contributed by atoms with Crippen LogP contribution in [0.15, 0.2) is 12.3 Å². The van der Waals surface area contributed by atoms with Crippen molar-refractivity contribution in [1.82, 2.24) is 14.9 Å². The standard InChI is InChI=1S/C10H12ClN3O2/c11-9-12-5-4-8(13-9)16-10(15)14-6-2-1-3-7-14/h4-5H,1-3,6-7H2. The van der Waals surface area contributed by atoms with Crippen molar-refractivity contribution in [3.8, 4) is 5.88 Å². The van der Waals surface area contributed by atoms with Crippen LogP contribution in [0.25, 0.3) is 0 Å². The molecule has 0 saturated carbocycles. The third-order valence-corrected chi connectivity index (χ3v) is 2.59. The van der Waals surface area contributed by atoms with Crippen molar-refractivity contribution in [3.05, 3.63) is 17.5 Å². The van der Waals surface area contributed by atoms with Gasteiger partial charge in [-0.05, 0) is 30.9 Å². The number of nitrogens with zero attached hydrogens (tertiary/aromatic N) is 3. The van der Waals surface area contributed by atoms with E-state index in [0.29, 0.717) is 0 Å². The summed E-state index contributed by atoms with van der Waals surface area (Å²) in [4.78, 5) is 20.9. The van der Waals surface area contributed by atoms with Gasteiger partial charge in [-0.3, -0.25) is 0 Å². The van der Waals surface area contributed by atoms with Crippen LogP contribution in [-0.4, -0.2) is 34.1 Å². The molecule has 0 aromatic carbocycles. The lowest BCUT2D eigenvalue weighted by atomic mass is 10.1. The summed E-state index contributed by atoms with van der Waals surface area (Å²) in [6.45, 7) is 1.50. The highest BCUT2D eigenvalue weighted by Crippen LogP contribution is 2.13. The van der Waals surface area contributed by atoms with Gasteiger partial charge in [-0.1, -0.05) is 0 Å². The van der Waals surface area contributed by atoms with Gasteiger partial charge in [0.2, 0.25) is 11.2 Å². The largest absolute Gasteiger partial charge is 0.416 e. The van der Waals surface area contributed by atoms with E-state index in [1.807, 2.05) is 0 Å². The lowest BCUT2D eigenvalue weighted by Gasteiger charge is -2.25. The monoisotopic (exact) mass is 241 g/mol. The van der Waals surface area contributed by atoms with Gasteiger partial charge < -0.3 is 9.64 Å². The van der Waals surface area contributed by atoms with Crippen molar-refractivity contribution < 1.29 is 9.53 Å². The minimum atomic E-state index is -0.366. The molecule has 1 amide bonds. The Kier molecular flexibility index (Phi) is 3.56. The number of piperidine rings is 1. The summed E-state index contributed by atoms with van der Waals surface area (Å²) in [6.07, 6.45) is 4.31. The molecule has 0 radical (unpaired) electrons. The number of hydrogen-bond acceptors (Lipinski definition) is 4. The Morgan fingerprint density at radius 3 is 2.81 bits per heavy atom. The maximum atomic E-state index is 11.7. The Labute approximate surface area is 98.4 Å². The summed E-state index contributed by atoms with van der Waals surface area (Å²) < 4.78 is 5.09. The molecule has 5 nitrogen and oxygen atoms in total. The van der Waals surface area contributed by atoms with E-state index in [-0.39, 0.29) is 17.3 Å². The lowest BCUT2D eigenvalue weighted by Crippen LogP contribution is -2.37. The van der Waals surface area contributed by atoms with Crippen LogP contribution in [0.5, 0.6) is 5.88 Å². The highest BCUT2D eigenvalue weighted by atomic mass is 35.5. The number of rotatable bonds is 1. The summed E-state index contributed by atoms with van der Waals surface area (Å²) in [6, 6.07) is 1.51. The number of likely N-dealkylation sites (tertiary alicyclic amines) is 1.